The Labute approximate surface area is 206 Å². The van der Waals surface area contributed by atoms with Crippen LogP contribution in [0.4, 0.5) is 0 Å². The summed E-state index contributed by atoms with van der Waals surface area (Å²) in [6.45, 7) is 2.28. The number of ether oxygens (including phenoxy) is 2. The number of rotatable bonds is 8. The average molecular weight is 490 g/mol. The number of fused-ring (bicyclic) bond motifs is 1. The highest BCUT2D eigenvalue weighted by Crippen LogP contribution is 2.56. The molecule has 186 valence electrons. The molecule has 2 aromatic heterocycles. The lowest BCUT2D eigenvalue weighted by Crippen LogP contribution is -2.28. The molecule has 0 unspecified atom stereocenters. The third-order valence-corrected chi connectivity index (χ3v) is 7.49. The van der Waals surface area contributed by atoms with Crippen LogP contribution in [0.15, 0.2) is 63.9 Å². The zero-order chi connectivity index (χ0) is 24.7. The van der Waals surface area contributed by atoms with Crippen LogP contribution in [-0.2, 0) is 21.6 Å². The van der Waals surface area contributed by atoms with Crippen LogP contribution in [0.25, 0.3) is 10.9 Å². The van der Waals surface area contributed by atoms with E-state index in [1.807, 2.05) is 36.4 Å². The predicted molar refractivity (Wildman–Crippen MR) is 130 cm³/mol. The lowest BCUT2D eigenvalue weighted by molar-refractivity contribution is 0.0679. The van der Waals surface area contributed by atoms with Crippen molar-refractivity contribution in [3.8, 4) is 0 Å². The van der Waals surface area contributed by atoms with E-state index in [0.29, 0.717) is 31.4 Å². The summed E-state index contributed by atoms with van der Waals surface area (Å²) in [5.41, 5.74) is 2.28. The van der Waals surface area contributed by atoms with Crippen molar-refractivity contribution >= 4 is 16.9 Å². The molecule has 1 aliphatic heterocycles. The fourth-order valence-electron chi connectivity index (χ4n) is 5.60. The molecule has 1 aliphatic carbocycles. The number of nitrogens with one attached hydrogen (secondary N) is 1. The summed E-state index contributed by atoms with van der Waals surface area (Å²) in [7, 11) is 0. The molecule has 4 aromatic rings. The first-order chi connectivity index (χ1) is 17.6. The van der Waals surface area contributed by atoms with Gasteiger partial charge in [-0.15, -0.1) is 0 Å². The lowest BCUT2D eigenvalue weighted by Gasteiger charge is -2.23. The Balaban J connectivity index is 1.38. The Morgan fingerprint density at radius 1 is 1.17 bits per heavy atom. The van der Waals surface area contributed by atoms with Gasteiger partial charge in [0.1, 0.15) is 11.2 Å². The zero-order valence-electron chi connectivity index (χ0n) is 19.7. The molecule has 3 heterocycles. The van der Waals surface area contributed by atoms with Crippen LogP contribution < -0.4 is 5.76 Å². The molecular formula is C27H27N3O6. The van der Waals surface area contributed by atoms with Gasteiger partial charge < -0.3 is 19.1 Å². The van der Waals surface area contributed by atoms with Crippen LogP contribution in [0, 0.1) is 5.92 Å². The lowest BCUT2D eigenvalue weighted by atomic mass is 9.91. The van der Waals surface area contributed by atoms with E-state index in [0.717, 1.165) is 42.5 Å². The maximum absolute atomic E-state index is 12.4. The van der Waals surface area contributed by atoms with Gasteiger partial charge in [-0.25, -0.2) is 9.59 Å². The molecule has 0 spiro atoms. The van der Waals surface area contributed by atoms with Crippen molar-refractivity contribution in [3.05, 3.63) is 87.8 Å². The summed E-state index contributed by atoms with van der Waals surface area (Å²) in [6, 6.07) is 17.7. The summed E-state index contributed by atoms with van der Waals surface area (Å²) in [5, 5.41) is 15.0. The van der Waals surface area contributed by atoms with E-state index in [1.165, 1.54) is 5.56 Å². The zero-order valence-corrected chi connectivity index (χ0v) is 19.7. The van der Waals surface area contributed by atoms with E-state index in [2.05, 4.69) is 22.3 Å². The molecule has 0 radical (unpaired) electrons. The molecule has 6 rings (SSSR count). The van der Waals surface area contributed by atoms with Crippen LogP contribution in [0.3, 0.4) is 0 Å². The van der Waals surface area contributed by atoms with E-state index in [1.54, 1.807) is 10.6 Å². The SMILES string of the molecule is O=C(O)c1cc2cc(C3CCOCC3)ccc2n1[C@@]1(c2noc(=O)[nH]2)C[C@@H]1COCc1ccccc1. The van der Waals surface area contributed by atoms with Gasteiger partial charge in [-0.1, -0.05) is 41.6 Å². The molecule has 2 atom stereocenters. The van der Waals surface area contributed by atoms with Gasteiger partial charge in [-0.3, -0.25) is 9.51 Å². The number of benzene rings is 2. The third kappa shape index (κ3) is 3.94. The normalized spacial score (nSPS) is 22.2. The number of nitrogens with zero attached hydrogens (tertiary/aromatic N) is 2. The topological polar surface area (TPSA) is 120 Å². The minimum Gasteiger partial charge on any atom is -0.477 e. The summed E-state index contributed by atoms with van der Waals surface area (Å²) in [6.07, 6.45) is 2.46. The van der Waals surface area contributed by atoms with Crippen molar-refractivity contribution < 1.29 is 23.9 Å². The molecule has 0 bridgehead atoms. The fraction of sp³-hybridized carbons (Fsp3) is 0.370. The minimum atomic E-state index is -1.04. The van der Waals surface area contributed by atoms with Crippen molar-refractivity contribution in [3.63, 3.8) is 0 Å². The Bertz CT molecular complexity index is 1450. The second-order valence-corrected chi connectivity index (χ2v) is 9.64. The number of aromatic nitrogens is 3. The van der Waals surface area contributed by atoms with Crippen LogP contribution >= 0.6 is 0 Å². The molecule has 9 heteroatoms. The van der Waals surface area contributed by atoms with Crippen LogP contribution in [0.5, 0.6) is 0 Å². The highest BCUT2D eigenvalue weighted by molar-refractivity contribution is 5.95. The van der Waals surface area contributed by atoms with Gasteiger partial charge in [-0.05, 0) is 54.5 Å². The van der Waals surface area contributed by atoms with Crippen LogP contribution in [-0.4, -0.2) is 45.6 Å². The van der Waals surface area contributed by atoms with Gasteiger partial charge in [0.2, 0.25) is 0 Å². The van der Waals surface area contributed by atoms with Crippen LogP contribution in [0.1, 0.15) is 52.6 Å². The first kappa shape index (κ1) is 22.8. The fourth-order valence-corrected chi connectivity index (χ4v) is 5.60. The van der Waals surface area contributed by atoms with Gasteiger partial charge in [0.15, 0.2) is 5.82 Å². The Hall–Kier alpha value is -3.69. The van der Waals surface area contributed by atoms with Gasteiger partial charge in [0, 0.05) is 30.0 Å². The minimum absolute atomic E-state index is 0.0918. The first-order valence-corrected chi connectivity index (χ1v) is 12.2. The Morgan fingerprint density at radius 2 is 1.97 bits per heavy atom. The molecule has 9 nitrogen and oxygen atoms in total. The van der Waals surface area contributed by atoms with Gasteiger partial charge >= 0.3 is 11.7 Å². The number of hydrogen-bond acceptors (Lipinski definition) is 6. The second-order valence-electron chi connectivity index (χ2n) is 9.64. The first-order valence-electron chi connectivity index (χ1n) is 12.2. The van der Waals surface area contributed by atoms with E-state index in [-0.39, 0.29) is 11.6 Å². The number of hydrogen-bond donors (Lipinski definition) is 2. The standard InChI is InChI=1S/C27H27N3O6/c31-24(32)23-13-20-12-19(18-8-10-34-11-9-18)6-7-22(20)30(23)27(25-28-26(33)36-29-25)14-21(27)16-35-15-17-4-2-1-3-5-17/h1-7,12-13,18,21H,8-11,14-16H2,(H,31,32)(H,28,29,33)/t21-,27+/m1/s1. The molecule has 2 N–H and O–H groups in total. The van der Waals surface area contributed by atoms with Crippen molar-refractivity contribution in [1.82, 2.24) is 14.7 Å². The Morgan fingerprint density at radius 3 is 2.69 bits per heavy atom. The molecule has 1 saturated carbocycles. The van der Waals surface area contributed by atoms with Crippen LogP contribution in [0.2, 0.25) is 0 Å². The van der Waals surface area contributed by atoms with Gasteiger partial charge in [0.25, 0.3) is 0 Å². The number of carboxylic acids is 1. The number of carboxylic acid groups (broad SMARTS) is 1. The predicted octanol–water partition coefficient (Wildman–Crippen LogP) is 3.89. The largest absolute Gasteiger partial charge is 0.477 e. The van der Waals surface area contributed by atoms with Crippen molar-refractivity contribution in [2.75, 3.05) is 19.8 Å². The van der Waals surface area contributed by atoms with E-state index in [4.69, 9.17) is 14.0 Å². The van der Waals surface area contributed by atoms with Gasteiger partial charge in [0.05, 0.1) is 13.2 Å². The highest BCUT2D eigenvalue weighted by Gasteiger charge is 2.61. The van der Waals surface area contributed by atoms with Crippen molar-refractivity contribution in [2.24, 2.45) is 5.92 Å². The molecule has 2 aliphatic rings. The summed E-state index contributed by atoms with van der Waals surface area (Å²) >= 11 is 0. The molecule has 2 aromatic carbocycles. The summed E-state index contributed by atoms with van der Waals surface area (Å²) < 4.78 is 18.2. The molecule has 1 saturated heterocycles. The van der Waals surface area contributed by atoms with E-state index < -0.39 is 17.3 Å². The van der Waals surface area contributed by atoms with Gasteiger partial charge in [-0.2, -0.15) is 0 Å². The number of H-pyrrole nitrogens is 1. The Kier molecular flexibility index (Phi) is 5.73. The summed E-state index contributed by atoms with van der Waals surface area (Å²) in [4.78, 5) is 27.0. The number of carbonyl (C=O) groups is 1. The second kappa shape index (κ2) is 9.07. The smallest absolute Gasteiger partial charge is 0.438 e. The van der Waals surface area contributed by atoms with Crippen molar-refractivity contribution in [1.29, 1.82) is 0 Å². The quantitative estimate of drug-likeness (QED) is 0.385. The van der Waals surface area contributed by atoms with Crippen molar-refractivity contribution in [2.45, 2.75) is 37.3 Å². The molecular weight excluding hydrogens is 462 g/mol. The third-order valence-electron chi connectivity index (χ3n) is 7.49. The monoisotopic (exact) mass is 489 g/mol. The van der Waals surface area contributed by atoms with E-state index in [9.17, 15) is 14.7 Å². The number of aromatic carboxylic acids is 1. The van der Waals surface area contributed by atoms with E-state index >= 15 is 0 Å². The molecule has 2 fully saturated rings. The number of aromatic amines is 1. The summed E-state index contributed by atoms with van der Waals surface area (Å²) in [5.74, 6) is -1.10. The molecule has 36 heavy (non-hydrogen) atoms. The maximum atomic E-state index is 12.4. The highest BCUT2D eigenvalue weighted by atomic mass is 16.5. The molecule has 0 amide bonds. The average Bonchev–Trinajstić information content (AvgIpc) is 3.23. The maximum Gasteiger partial charge on any atom is 0.438 e.